The maximum absolute atomic E-state index is 13.0. The SMILES string of the molecule is CN1CCC2(CCCN(C(=O)c3ccc4[nH]c(=O)n(C)c4c3)C2)C1. The Labute approximate surface area is 141 Å². The Balaban J connectivity index is 1.61. The van der Waals surface area contributed by atoms with Gasteiger partial charge in [0.25, 0.3) is 5.91 Å². The van der Waals surface area contributed by atoms with Crippen LogP contribution in [0.15, 0.2) is 23.0 Å². The molecule has 4 rings (SSSR count). The van der Waals surface area contributed by atoms with E-state index >= 15 is 0 Å². The summed E-state index contributed by atoms with van der Waals surface area (Å²) in [4.78, 5) is 31.9. The maximum Gasteiger partial charge on any atom is 0.326 e. The molecule has 1 amide bonds. The molecular weight excluding hydrogens is 304 g/mol. The summed E-state index contributed by atoms with van der Waals surface area (Å²) < 4.78 is 1.55. The van der Waals surface area contributed by atoms with E-state index in [9.17, 15) is 9.59 Å². The first-order valence-electron chi connectivity index (χ1n) is 8.64. The van der Waals surface area contributed by atoms with E-state index in [0.717, 1.165) is 43.6 Å². The molecule has 1 aromatic carbocycles. The third-order valence-electron chi connectivity index (χ3n) is 5.73. The lowest BCUT2D eigenvalue weighted by Gasteiger charge is -2.40. The number of hydrogen-bond donors (Lipinski definition) is 1. The number of benzene rings is 1. The molecule has 3 heterocycles. The number of carbonyl (C=O) groups is 1. The number of aromatic amines is 1. The highest BCUT2D eigenvalue weighted by Crippen LogP contribution is 2.38. The average molecular weight is 328 g/mol. The molecule has 6 nitrogen and oxygen atoms in total. The number of amides is 1. The van der Waals surface area contributed by atoms with Crippen molar-refractivity contribution in [2.75, 3.05) is 33.2 Å². The highest BCUT2D eigenvalue weighted by atomic mass is 16.2. The van der Waals surface area contributed by atoms with Crippen molar-refractivity contribution in [3.63, 3.8) is 0 Å². The van der Waals surface area contributed by atoms with Crippen molar-refractivity contribution in [1.82, 2.24) is 19.4 Å². The van der Waals surface area contributed by atoms with Gasteiger partial charge in [0.05, 0.1) is 11.0 Å². The second-order valence-corrected chi connectivity index (χ2v) is 7.54. The van der Waals surface area contributed by atoms with Crippen LogP contribution in [-0.4, -0.2) is 58.5 Å². The van der Waals surface area contributed by atoms with Crippen LogP contribution in [0.5, 0.6) is 0 Å². The maximum atomic E-state index is 13.0. The minimum absolute atomic E-state index is 0.0826. The molecule has 2 aromatic rings. The second kappa shape index (κ2) is 5.48. The van der Waals surface area contributed by atoms with Gasteiger partial charge < -0.3 is 14.8 Å². The van der Waals surface area contributed by atoms with E-state index in [0.29, 0.717) is 5.56 Å². The Bertz CT molecular complexity index is 848. The number of nitrogens with zero attached hydrogens (tertiary/aromatic N) is 3. The minimum Gasteiger partial charge on any atom is -0.338 e. The standard InChI is InChI=1S/C18H24N4O2/c1-20-9-7-18(11-20)6-3-8-22(12-18)16(23)13-4-5-14-15(10-13)21(2)17(24)19-14/h4-5,10H,3,6-9,11-12H2,1-2H3,(H,19,24). The van der Waals surface area contributed by atoms with Gasteiger partial charge in [-0.15, -0.1) is 0 Å². The zero-order chi connectivity index (χ0) is 16.9. The molecule has 24 heavy (non-hydrogen) atoms. The van der Waals surface area contributed by atoms with Gasteiger partial charge in [0, 0.05) is 37.7 Å². The number of aryl methyl sites for hydroxylation is 1. The Morgan fingerprint density at radius 1 is 1.17 bits per heavy atom. The topological polar surface area (TPSA) is 61.3 Å². The van der Waals surface area contributed by atoms with Crippen LogP contribution in [-0.2, 0) is 7.05 Å². The van der Waals surface area contributed by atoms with Gasteiger partial charge in [-0.25, -0.2) is 4.79 Å². The molecule has 0 saturated carbocycles. The third kappa shape index (κ3) is 2.45. The number of H-pyrrole nitrogens is 1. The first kappa shape index (κ1) is 15.4. The van der Waals surface area contributed by atoms with E-state index in [4.69, 9.17) is 0 Å². The van der Waals surface area contributed by atoms with Crippen LogP contribution in [0.4, 0.5) is 0 Å². The smallest absolute Gasteiger partial charge is 0.326 e. The fourth-order valence-electron chi connectivity index (χ4n) is 4.41. The normalized spacial score (nSPS) is 25.0. The lowest BCUT2D eigenvalue weighted by atomic mass is 9.79. The van der Waals surface area contributed by atoms with Gasteiger partial charge in [-0.3, -0.25) is 9.36 Å². The molecule has 1 aromatic heterocycles. The van der Waals surface area contributed by atoms with Crippen LogP contribution in [0.1, 0.15) is 29.6 Å². The van der Waals surface area contributed by atoms with Crippen LogP contribution in [0, 0.1) is 5.41 Å². The quantitative estimate of drug-likeness (QED) is 0.861. The van der Waals surface area contributed by atoms with E-state index in [1.807, 2.05) is 23.1 Å². The van der Waals surface area contributed by atoms with Crippen molar-refractivity contribution in [3.05, 3.63) is 34.2 Å². The Hall–Kier alpha value is -2.08. The predicted molar refractivity (Wildman–Crippen MR) is 93.2 cm³/mol. The minimum atomic E-state index is -0.152. The van der Waals surface area contributed by atoms with Gasteiger partial charge in [-0.05, 0) is 51.1 Å². The van der Waals surface area contributed by atoms with Crippen LogP contribution in [0.3, 0.4) is 0 Å². The summed E-state index contributed by atoms with van der Waals surface area (Å²) in [6.45, 7) is 3.89. The van der Waals surface area contributed by atoms with E-state index in [2.05, 4.69) is 16.9 Å². The summed E-state index contributed by atoms with van der Waals surface area (Å²) >= 11 is 0. The van der Waals surface area contributed by atoms with Gasteiger partial charge in [0.1, 0.15) is 0 Å². The second-order valence-electron chi connectivity index (χ2n) is 7.54. The molecule has 6 heteroatoms. The predicted octanol–water partition coefficient (Wildman–Crippen LogP) is 1.42. The molecular formula is C18H24N4O2. The van der Waals surface area contributed by atoms with Crippen molar-refractivity contribution in [1.29, 1.82) is 0 Å². The Morgan fingerprint density at radius 3 is 2.75 bits per heavy atom. The van der Waals surface area contributed by atoms with Crippen LogP contribution < -0.4 is 5.69 Å². The van der Waals surface area contributed by atoms with Gasteiger partial charge in [0.2, 0.25) is 0 Å². The number of nitrogens with one attached hydrogen (secondary N) is 1. The molecule has 0 bridgehead atoms. The van der Waals surface area contributed by atoms with E-state index < -0.39 is 0 Å². The Morgan fingerprint density at radius 2 is 2.00 bits per heavy atom. The van der Waals surface area contributed by atoms with Crippen LogP contribution in [0.25, 0.3) is 11.0 Å². The number of rotatable bonds is 1. The Kier molecular flexibility index (Phi) is 3.53. The molecule has 0 radical (unpaired) electrons. The lowest BCUT2D eigenvalue weighted by Crippen LogP contribution is -2.47. The van der Waals surface area contributed by atoms with E-state index in [1.165, 1.54) is 12.8 Å². The molecule has 2 aliphatic rings. The highest BCUT2D eigenvalue weighted by molar-refractivity contribution is 5.97. The van der Waals surface area contributed by atoms with Crippen molar-refractivity contribution in [3.8, 4) is 0 Å². The first-order valence-corrected chi connectivity index (χ1v) is 8.64. The molecule has 128 valence electrons. The third-order valence-corrected chi connectivity index (χ3v) is 5.73. The summed E-state index contributed by atoms with van der Waals surface area (Å²) in [6.07, 6.45) is 3.47. The largest absolute Gasteiger partial charge is 0.338 e. The monoisotopic (exact) mass is 328 g/mol. The lowest BCUT2D eigenvalue weighted by molar-refractivity contribution is 0.0535. The highest BCUT2D eigenvalue weighted by Gasteiger charge is 2.41. The zero-order valence-corrected chi connectivity index (χ0v) is 14.3. The zero-order valence-electron chi connectivity index (χ0n) is 14.3. The number of carbonyl (C=O) groups excluding carboxylic acids is 1. The van der Waals surface area contributed by atoms with Crippen molar-refractivity contribution in [2.24, 2.45) is 12.5 Å². The average Bonchev–Trinajstić information content (AvgIpc) is 3.07. The first-order chi connectivity index (χ1) is 11.5. The molecule has 2 saturated heterocycles. The van der Waals surface area contributed by atoms with Crippen molar-refractivity contribution in [2.45, 2.75) is 19.3 Å². The summed E-state index contributed by atoms with van der Waals surface area (Å²) in [5.41, 5.74) is 2.33. The van der Waals surface area contributed by atoms with Gasteiger partial charge in [0.15, 0.2) is 0 Å². The molecule has 1 atom stereocenters. The number of imidazole rings is 1. The van der Waals surface area contributed by atoms with E-state index in [1.54, 1.807) is 11.6 Å². The number of aromatic nitrogens is 2. The molecule has 2 aliphatic heterocycles. The molecule has 1 unspecified atom stereocenters. The summed E-state index contributed by atoms with van der Waals surface area (Å²) in [5, 5.41) is 0. The number of piperidine rings is 1. The van der Waals surface area contributed by atoms with Gasteiger partial charge in [-0.1, -0.05) is 0 Å². The van der Waals surface area contributed by atoms with Crippen LogP contribution >= 0.6 is 0 Å². The summed E-state index contributed by atoms with van der Waals surface area (Å²) in [6, 6.07) is 5.48. The van der Waals surface area contributed by atoms with E-state index in [-0.39, 0.29) is 17.0 Å². The fourth-order valence-corrected chi connectivity index (χ4v) is 4.41. The number of likely N-dealkylation sites (tertiary alicyclic amines) is 2. The van der Waals surface area contributed by atoms with Gasteiger partial charge >= 0.3 is 5.69 Å². The van der Waals surface area contributed by atoms with Crippen molar-refractivity contribution < 1.29 is 4.79 Å². The number of fused-ring (bicyclic) bond motifs is 1. The fraction of sp³-hybridized carbons (Fsp3) is 0.556. The summed E-state index contributed by atoms with van der Waals surface area (Å²) in [5.74, 6) is 0.0826. The van der Waals surface area contributed by atoms with Crippen LogP contribution in [0.2, 0.25) is 0 Å². The molecule has 1 spiro atoms. The molecule has 0 aliphatic carbocycles. The van der Waals surface area contributed by atoms with Crippen molar-refractivity contribution >= 4 is 16.9 Å². The van der Waals surface area contributed by atoms with Gasteiger partial charge in [-0.2, -0.15) is 0 Å². The number of hydrogen-bond acceptors (Lipinski definition) is 3. The molecule has 1 N–H and O–H groups in total. The summed E-state index contributed by atoms with van der Waals surface area (Å²) in [7, 11) is 3.88. The molecule has 2 fully saturated rings.